The van der Waals surface area contributed by atoms with Crippen molar-refractivity contribution in [3.05, 3.63) is 22.5 Å². The molecule has 8 nitrogen and oxygen atoms in total. The summed E-state index contributed by atoms with van der Waals surface area (Å²) in [5, 5.41) is 0. The summed E-state index contributed by atoms with van der Waals surface area (Å²) in [6.45, 7) is 6.77. The van der Waals surface area contributed by atoms with E-state index in [1.807, 2.05) is 0 Å². The number of urea groups is 1. The summed E-state index contributed by atoms with van der Waals surface area (Å²) in [6.07, 6.45) is 0. The van der Waals surface area contributed by atoms with Crippen molar-refractivity contribution < 1.29 is 23.9 Å². The number of nitrogens with zero attached hydrogens (tertiary/aromatic N) is 1. The highest BCUT2D eigenvalue weighted by Crippen LogP contribution is 2.23. The first-order valence-electron chi connectivity index (χ1n) is 6.47. The Hall–Kier alpha value is -2.51. The van der Waals surface area contributed by atoms with Crippen molar-refractivity contribution >= 4 is 18.0 Å². The second-order valence-corrected chi connectivity index (χ2v) is 4.17. The van der Waals surface area contributed by atoms with Crippen LogP contribution in [-0.2, 0) is 9.47 Å². The van der Waals surface area contributed by atoms with Crippen LogP contribution in [0.2, 0.25) is 0 Å². The molecule has 0 saturated heterocycles. The third kappa shape index (κ3) is 3.33. The minimum absolute atomic E-state index is 0.0570. The van der Waals surface area contributed by atoms with Crippen molar-refractivity contribution in [3.63, 3.8) is 0 Å². The maximum Gasteiger partial charge on any atom is 0.340 e. The standard InChI is InChI=1S/C13H19N3O5/c1-5-20-11(17)9-7(3)16(15-13(14)19)8(4)10(9)12(18)21-6-2/h5-6H2,1-4H3,(H3,14,15,19). The van der Waals surface area contributed by atoms with E-state index in [1.54, 1.807) is 27.7 Å². The molecule has 0 radical (unpaired) electrons. The van der Waals surface area contributed by atoms with Crippen molar-refractivity contribution in [2.75, 3.05) is 18.6 Å². The van der Waals surface area contributed by atoms with Gasteiger partial charge in [0.2, 0.25) is 0 Å². The largest absolute Gasteiger partial charge is 0.462 e. The van der Waals surface area contributed by atoms with Crippen molar-refractivity contribution in [1.82, 2.24) is 4.68 Å². The van der Waals surface area contributed by atoms with E-state index < -0.39 is 18.0 Å². The SMILES string of the molecule is CCOC(=O)c1c(C(=O)OCC)c(C)n(NC(N)=O)c1C. The van der Waals surface area contributed by atoms with Gasteiger partial charge in [0.1, 0.15) is 0 Å². The van der Waals surface area contributed by atoms with Crippen molar-refractivity contribution in [2.24, 2.45) is 5.73 Å². The molecule has 0 saturated carbocycles. The number of nitrogens with one attached hydrogen (secondary N) is 1. The van der Waals surface area contributed by atoms with Crippen LogP contribution in [0.25, 0.3) is 0 Å². The number of amides is 2. The molecule has 3 N–H and O–H groups in total. The number of primary amides is 1. The lowest BCUT2D eigenvalue weighted by Crippen LogP contribution is -2.30. The van der Waals surface area contributed by atoms with Crippen LogP contribution in [0.4, 0.5) is 4.79 Å². The highest BCUT2D eigenvalue weighted by molar-refractivity contribution is 6.05. The molecule has 0 spiro atoms. The molecule has 0 aliphatic heterocycles. The number of ether oxygens (including phenoxy) is 2. The van der Waals surface area contributed by atoms with E-state index >= 15 is 0 Å². The first-order chi connectivity index (χ1) is 9.84. The number of nitrogens with two attached hydrogens (primary N) is 1. The van der Waals surface area contributed by atoms with Gasteiger partial charge in [-0.3, -0.25) is 4.68 Å². The van der Waals surface area contributed by atoms with E-state index in [0.29, 0.717) is 11.4 Å². The molecule has 0 aliphatic carbocycles. The van der Waals surface area contributed by atoms with Crippen LogP contribution in [-0.4, -0.2) is 35.9 Å². The molecule has 0 fully saturated rings. The monoisotopic (exact) mass is 297 g/mol. The highest BCUT2D eigenvalue weighted by atomic mass is 16.5. The van der Waals surface area contributed by atoms with E-state index in [0.717, 1.165) is 0 Å². The maximum absolute atomic E-state index is 12.1. The minimum atomic E-state index is -0.818. The molecule has 1 aromatic rings. The van der Waals surface area contributed by atoms with Crippen LogP contribution >= 0.6 is 0 Å². The number of rotatable bonds is 5. The van der Waals surface area contributed by atoms with Crippen LogP contribution in [0.5, 0.6) is 0 Å². The molecule has 0 aromatic carbocycles. The minimum Gasteiger partial charge on any atom is -0.462 e. The van der Waals surface area contributed by atoms with Crippen molar-refractivity contribution in [3.8, 4) is 0 Å². The number of hydrogen-bond acceptors (Lipinski definition) is 5. The van der Waals surface area contributed by atoms with E-state index in [-0.39, 0.29) is 24.3 Å². The van der Waals surface area contributed by atoms with E-state index in [4.69, 9.17) is 15.2 Å². The molecule has 0 unspecified atom stereocenters. The Balaban J connectivity index is 3.47. The van der Waals surface area contributed by atoms with E-state index in [9.17, 15) is 14.4 Å². The van der Waals surface area contributed by atoms with Crippen LogP contribution in [0.1, 0.15) is 46.0 Å². The maximum atomic E-state index is 12.1. The lowest BCUT2D eigenvalue weighted by atomic mass is 10.1. The zero-order valence-corrected chi connectivity index (χ0v) is 12.5. The van der Waals surface area contributed by atoms with Gasteiger partial charge in [-0.25, -0.2) is 19.8 Å². The van der Waals surface area contributed by atoms with Crippen LogP contribution in [0.15, 0.2) is 0 Å². The molecule has 1 rings (SSSR count). The smallest absolute Gasteiger partial charge is 0.340 e. The van der Waals surface area contributed by atoms with Crippen molar-refractivity contribution in [1.29, 1.82) is 0 Å². The van der Waals surface area contributed by atoms with Gasteiger partial charge in [-0.15, -0.1) is 0 Å². The zero-order chi connectivity index (χ0) is 16.2. The van der Waals surface area contributed by atoms with Gasteiger partial charge in [-0.1, -0.05) is 0 Å². The average molecular weight is 297 g/mol. The summed E-state index contributed by atoms with van der Waals surface area (Å²) in [5.41, 5.74) is 8.22. The second kappa shape index (κ2) is 6.78. The Morgan fingerprint density at radius 1 is 1.00 bits per heavy atom. The quantitative estimate of drug-likeness (QED) is 0.790. The fourth-order valence-electron chi connectivity index (χ4n) is 2.02. The lowest BCUT2D eigenvalue weighted by Gasteiger charge is -2.08. The number of carbonyl (C=O) groups is 3. The van der Waals surface area contributed by atoms with Crippen molar-refractivity contribution in [2.45, 2.75) is 27.7 Å². The topological polar surface area (TPSA) is 113 Å². The van der Waals surface area contributed by atoms with Gasteiger partial charge in [-0.2, -0.15) is 0 Å². The normalized spacial score (nSPS) is 10.1. The van der Waals surface area contributed by atoms with Crippen LogP contribution in [0, 0.1) is 13.8 Å². The molecule has 0 bridgehead atoms. The van der Waals surface area contributed by atoms with Gasteiger partial charge in [0.05, 0.1) is 35.7 Å². The van der Waals surface area contributed by atoms with E-state index in [1.165, 1.54) is 4.68 Å². The number of hydrogen-bond donors (Lipinski definition) is 2. The fourth-order valence-corrected chi connectivity index (χ4v) is 2.02. The molecular weight excluding hydrogens is 278 g/mol. The second-order valence-electron chi connectivity index (χ2n) is 4.17. The Labute approximate surface area is 122 Å². The molecule has 1 aromatic heterocycles. The number of esters is 2. The number of aromatic nitrogens is 1. The first kappa shape index (κ1) is 16.5. The molecule has 1 heterocycles. The summed E-state index contributed by atoms with van der Waals surface area (Å²) in [4.78, 5) is 35.2. The fraction of sp³-hybridized carbons (Fsp3) is 0.462. The molecule has 116 valence electrons. The van der Waals surface area contributed by atoms with E-state index in [2.05, 4.69) is 5.43 Å². The Morgan fingerprint density at radius 2 is 1.38 bits per heavy atom. The molecule has 21 heavy (non-hydrogen) atoms. The Bertz CT molecular complexity index is 535. The predicted molar refractivity (Wildman–Crippen MR) is 74.8 cm³/mol. The van der Waals surface area contributed by atoms with Crippen LogP contribution < -0.4 is 11.2 Å². The van der Waals surface area contributed by atoms with Gasteiger partial charge in [0, 0.05) is 0 Å². The summed E-state index contributed by atoms with van der Waals surface area (Å²) >= 11 is 0. The predicted octanol–water partition coefficient (Wildman–Crippen LogP) is 1.08. The summed E-state index contributed by atoms with van der Waals surface area (Å²) in [5.74, 6) is -1.32. The molecule has 0 atom stereocenters. The third-order valence-corrected chi connectivity index (χ3v) is 2.83. The molecular formula is C13H19N3O5. The van der Waals surface area contributed by atoms with Gasteiger partial charge >= 0.3 is 18.0 Å². The Morgan fingerprint density at radius 3 is 1.67 bits per heavy atom. The molecule has 2 amide bonds. The third-order valence-electron chi connectivity index (χ3n) is 2.83. The summed E-state index contributed by atoms with van der Waals surface area (Å²) in [7, 11) is 0. The summed E-state index contributed by atoms with van der Waals surface area (Å²) in [6, 6.07) is -0.818. The number of carbonyl (C=O) groups excluding carboxylic acids is 3. The van der Waals surface area contributed by atoms with Gasteiger partial charge < -0.3 is 15.2 Å². The van der Waals surface area contributed by atoms with Crippen LogP contribution in [0.3, 0.4) is 0 Å². The van der Waals surface area contributed by atoms with Gasteiger partial charge in [0.25, 0.3) is 0 Å². The lowest BCUT2D eigenvalue weighted by molar-refractivity contribution is 0.0479. The van der Waals surface area contributed by atoms with Gasteiger partial charge in [-0.05, 0) is 27.7 Å². The summed E-state index contributed by atoms with van der Waals surface area (Å²) < 4.78 is 11.2. The zero-order valence-electron chi connectivity index (χ0n) is 12.5. The Kier molecular flexibility index (Phi) is 5.34. The first-order valence-corrected chi connectivity index (χ1v) is 6.47. The van der Waals surface area contributed by atoms with Gasteiger partial charge in [0.15, 0.2) is 0 Å². The highest BCUT2D eigenvalue weighted by Gasteiger charge is 2.29. The molecule has 0 aliphatic rings. The average Bonchev–Trinajstić information content (AvgIpc) is 2.63. The molecule has 8 heteroatoms.